The van der Waals surface area contributed by atoms with E-state index in [0.717, 1.165) is 5.56 Å². The van der Waals surface area contributed by atoms with Crippen molar-refractivity contribution in [1.29, 1.82) is 0 Å². The molecule has 2 aromatic carbocycles. The number of hydrogen-bond donors (Lipinski definition) is 0. The largest absolute Gasteiger partial charge is 0.457 e. The summed E-state index contributed by atoms with van der Waals surface area (Å²) in [6, 6.07) is 17.2. The quantitative estimate of drug-likeness (QED) is 0.377. The van der Waals surface area contributed by atoms with Gasteiger partial charge in [-0.1, -0.05) is 29.8 Å². The van der Waals surface area contributed by atoms with E-state index in [2.05, 4.69) is 9.97 Å². The predicted octanol–water partition coefficient (Wildman–Crippen LogP) is 4.10. The molecule has 0 saturated carbocycles. The maximum absolute atomic E-state index is 12.9. The van der Waals surface area contributed by atoms with Crippen molar-refractivity contribution >= 4 is 28.5 Å². The van der Waals surface area contributed by atoms with E-state index in [1.165, 1.54) is 4.57 Å². The first kappa shape index (κ1) is 18.8. The summed E-state index contributed by atoms with van der Waals surface area (Å²) in [5.41, 5.74) is 2.25. The van der Waals surface area contributed by atoms with Crippen molar-refractivity contribution in [1.82, 2.24) is 14.5 Å². The second-order valence-electron chi connectivity index (χ2n) is 6.43. The summed E-state index contributed by atoms with van der Waals surface area (Å²) in [5.74, 6) is 0.103. The molecule has 0 fully saturated rings. The van der Waals surface area contributed by atoms with E-state index < -0.39 is 5.97 Å². The van der Waals surface area contributed by atoms with Gasteiger partial charge in [-0.25, -0.2) is 14.8 Å². The maximum atomic E-state index is 12.9. The summed E-state index contributed by atoms with van der Waals surface area (Å²) in [7, 11) is 0. The molecule has 0 N–H and O–H groups in total. The third kappa shape index (κ3) is 3.88. The van der Waals surface area contributed by atoms with Gasteiger partial charge in [-0.3, -0.25) is 9.36 Å². The first-order valence-electron chi connectivity index (χ1n) is 8.89. The molecule has 0 radical (unpaired) electrons. The van der Waals surface area contributed by atoms with Gasteiger partial charge in [-0.15, -0.1) is 0 Å². The van der Waals surface area contributed by atoms with Crippen LogP contribution in [0.15, 0.2) is 71.7 Å². The number of aryl methyl sites for hydroxylation is 1. The number of pyridine rings is 1. The van der Waals surface area contributed by atoms with Crippen LogP contribution in [0.3, 0.4) is 0 Å². The molecule has 0 saturated heterocycles. The second kappa shape index (κ2) is 7.85. The minimum atomic E-state index is -0.466. The Morgan fingerprint density at radius 1 is 1.07 bits per heavy atom. The highest BCUT2D eigenvalue weighted by Gasteiger charge is 2.12. The van der Waals surface area contributed by atoms with Crippen LogP contribution in [0, 0.1) is 6.92 Å². The Hall–Kier alpha value is -3.51. The van der Waals surface area contributed by atoms with Gasteiger partial charge in [0.1, 0.15) is 17.6 Å². The number of halogens is 1. The molecule has 4 rings (SSSR count). The Morgan fingerprint density at radius 2 is 1.83 bits per heavy atom. The van der Waals surface area contributed by atoms with Gasteiger partial charge in [0, 0.05) is 11.8 Å². The Kier molecular flexibility index (Phi) is 5.10. The van der Waals surface area contributed by atoms with Crippen LogP contribution in [-0.4, -0.2) is 20.5 Å². The lowest BCUT2D eigenvalue weighted by molar-refractivity contribution is 0.0472. The molecule has 7 heteroatoms. The molecule has 0 spiro atoms. The normalized spacial score (nSPS) is 10.8. The summed E-state index contributed by atoms with van der Waals surface area (Å²) in [4.78, 5) is 33.6. The van der Waals surface area contributed by atoms with Gasteiger partial charge in [0.05, 0.1) is 22.2 Å². The third-order valence-corrected chi connectivity index (χ3v) is 4.69. The van der Waals surface area contributed by atoms with Gasteiger partial charge in [-0.05, 0) is 49.4 Å². The smallest absolute Gasteiger partial charge is 0.338 e. The summed E-state index contributed by atoms with van der Waals surface area (Å²) in [6.45, 7) is 1.87. The first-order chi connectivity index (χ1) is 14.0. The molecular weight excluding hydrogens is 390 g/mol. The van der Waals surface area contributed by atoms with E-state index in [9.17, 15) is 9.59 Å². The van der Waals surface area contributed by atoms with Crippen LogP contribution >= 0.6 is 11.6 Å². The summed E-state index contributed by atoms with van der Waals surface area (Å²) in [5, 5.41) is 0.919. The lowest BCUT2D eigenvalue weighted by Gasteiger charge is -2.11. The van der Waals surface area contributed by atoms with E-state index in [1.54, 1.807) is 61.7 Å². The number of aromatic nitrogens is 3. The molecule has 29 heavy (non-hydrogen) atoms. The first-order valence-corrected chi connectivity index (χ1v) is 9.27. The van der Waals surface area contributed by atoms with E-state index >= 15 is 0 Å². The molecular formula is C22H16ClN3O3. The molecule has 0 bridgehead atoms. The highest BCUT2D eigenvalue weighted by Crippen LogP contribution is 2.15. The lowest BCUT2D eigenvalue weighted by Crippen LogP contribution is -2.22. The van der Waals surface area contributed by atoms with Crippen LogP contribution in [0.25, 0.3) is 16.6 Å². The van der Waals surface area contributed by atoms with E-state index in [0.29, 0.717) is 33.1 Å². The van der Waals surface area contributed by atoms with Crippen molar-refractivity contribution in [2.45, 2.75) is 13.5 Å². The highest BCUT2D eigenvalue weighted by atomic mass is 35.5. The average Bonchev–Trinajstić information content (AvgIpc) is 2.73. The number of carbonyl (C=O) groups excluding carboxylic acids is 1. The summed E-state index contributed by atoms with van der Waals surface area (Å²) < 4.78 is 6.83. The summed E-state index contributed by atoms with van der Waals surface area (Å²) in [6.07, 6.45) is 1.56. The molecule has 0 aliphatic heterocycles. The minimum absolute atomic E-state index is 0.0952. The molecule has 4 aromatic rings. The van der Waals surface area contributed by atoms with Crippen molar-refractivity contribution < 1.29 is 9.53 Å². The molecule has 0 atom stereocenters. The monoisotopic (exact) mass is 405 g/mol. The van der Waals surface area contributed by atoms with Crippen LogP contribution in [0.5, 0.6) is 0 Å². The molecule has 0 aliphatic rings. The zero-order chi connectivity index (χ0) is 20.4. The zero-order valence-corrected chi connectivity index (χ0v) is 16.3. The number of esters is 1. The number of ether oxygens (including phenoxy) is 1. The van der Waals surface area contributed by atoms with Gasteiger partial charge in [0.2, 0.25) is 0 Å². The minimum Gasteiger partial charge on any atom is -0.457 e. The van der Waals surface area contributed by atoms with E-state index in [1.807, 2.05) is 12.1 Å². The van der Waals surface area contributed by atoms with E-state index in [4.69, 9.17) is 16.3 Å². The second-order valence-corrected chi connectivity index (χ2v) is 6.82. The SMILES string of the molecule is Cc1nc2ccccc2c(=O)n1-c1ccc(C(=O)OCc2ccc(Cl)nc2)cc1. The van der Waals surface area contributed by atoms with Gasteiger partial charge in [0.15, 0.2) is 0 Å². The van der Waals surface area contributed by atoms with Crippen LogP contribution in [0.1, 0.15) is 21.7 Å². The van der Waals surface area contributed by atoms with Crippen molar-refractivity contribution in [3.8, 4) is 5.69 Å². The molecule has 0 amide bonds. The van der Waals surface area contributed by atoms with Gasteiger partial charge in [0.25, 0.3) is 5.56 Å². The van der Waals surface area contributed by atoms with Crippen LogP contribution in [0.2, 0.25) is 5.15 Å². The Bertz CT molecular complexity index is 1250. The average molecular weight is 406 g/mol. The fourth-order valence-corrected chi connectivity index (χ4v) is 3.13. The number of benzene rings is 2. The Morgan fingerprint density at radius 3 is 2.55 bits per heavy atom. The lowest BCUT2D eigenvalue weighted by atomic mass is 10.2. The maximum Gasteiger partial charge on any atom is 0.338 e. The number of carbonyl (C=O) groups is 1. The zero-order valence-electron chi connectivity index (χ0n) is 15.5. The molecule has 144 valence electrons. The topological polar surface area (TPSA) is 74.1 Å². The molecule has 2 aromatic heterocycles. The fourth-order valence-electron chi connectivity index (χ4n) is 3.02. The van der Waals surface area contributed by atoms with Gasteiger partial charge < -0.3 is 4.74 Å². The molecule has 0 aliphatic carbocycles. The third-order valence-electron chi connectivity index (χ3n) is 4.46. The Balaban J connectivity index is 1.56. The number of nitrogens with zero attached hydrogens (tertiary/aromatic N) is 3. The molecule has 2 heterocycles. The van der Waals surface area contributed by atoms with Crippen molar-refractivity contribution in [3.63, 3.8) is 0 Å². The van der Waals surface area contributed by atoms with Gasteiger partial charge >= 0.3 is 5.97 Å². The van der Waals surface area contributed by atoms with Crippen LogP contribution in [0.4, 0.5) is 0 Å². The number of hydrogen-bond acceptors (Lipinski definition) is 5. The highest BCUT2D eigenvalue weighted by molar-refractivity contribution is 6.29. The van der Waals surface area contributed by atoms with E-state index in [-0.39, 0.29) is 12.2 Å². The molecule has 0 unspecified atom stereocenters. The van der Waals surface area contributed by atoms with Crippen molar-refractivity contribution in [2.24, 2.45) is 0 Å². The Labute approximate surface area is 171 Å². The number of para-hydroxylation sites is 1. The standard InChI is InChI=1S/C22H16ClN3O3/c1-14-25-19-5-3-2-4-18(19)21(27)26(14)17-9-7-16(8-10-17)22(28)29-13-15-6-11-20(23)24-12-15/h2-12H,13H2,1H3. The van der Waals surface area contributed by atoms with Crippen molar-refractivity contribution in [3.05, 3.63) is 99.3 Å². The van der Waals surface area contributed by atoms with Crippen molar-refractivity contribution in [2.75, 3.05) is 0 Å². The predicted molar refractivity (Wildman–Crippen MR) is 110 cm³/mol. The van der Waals surface area contributed by atoms with Crippen LogP contribution in [-0.2, 0) is 11.3 Å². The van der Waals surface area contributed by atoms with Crippen LogP contribution < -0.4 is 5.56 Å². The van der Waals surface area contributed by atoms with Gasteiger partial charge in [-0.2, -0.15) is 0 Å². The fraction of sp³-hybridized carbons (Fsp3) is 0.0909. The number of rotatable bonds is 4. The number of fused-ring (bicyclic) bond motifs is 1. The molecule has 6 nitrogen and oxygen atoms in total. The summed E-state index contributed by atoms with van der Waals surface area (Å²) >= 11 is 5.74.